The lowest BCUT2D eigenvalue weighted by molar-refractivity contribution is 0.123. The van der Waals surface area contributed by atoms with E-state index in [0.717, 1.165) is 35.4 Å². The topological polar surface area (TPSA) is 17.4 Å². The molecule has 1 fully saturated rings. The summed E-state index contributed by atoms with van der Waals surface area (Å²) in [5.74, 6) is -0.391. The lowest BCUT2D eigenvalue weighted by Gasteiger charge is -2.29. The molecule has 1 aromatic heterocycles. The monoisotopic (exact) mass is 406 g/mol. The van der Waals surface area contributed by atoms with Gasteiger partial charge in [0.25, 0.3) is 0 Å². The van der Waals surface area contributed by atoms with Crippen LogP contribution in [0.1, 0.15) is 12.6 Å². The van der Waals surface area contributed by atoms with Crippen LogP contribution < -0.4 is 4.90 Å². The number of hydrogen-bond donors (Lipinski definition) is 0. The Bertz CT molecular complexity index is 911. The second-order valence-electron chi connectivity index (χ2n) is 6.25. The summed E-state index contributed by atoms with van der Waals surface area (Å²) in [5, 5.41) is 0.946. The Morgan fingerprint density at radius 2 is 2.00 bits per heavy atom. The molecular formula is C21H24ClFN2OS. The number of thioether (sulfide) groups is 1. The van der Waals surface area contributed by atoms with Gasteiger partial charge in [-0.15, -0.1) is 11.8 Å². The van der Waals surface area contributed by atoms with Crippen LogP contribution in [0, 0.1) is 12.7 Å². The third-order valence-electron chi connectivity index (χ3n) is 4.73. The predicted molar refractivity (Wildman–Crippen MR) is 116 cm³/mol. The van der Waals surface area contributed by atoms with Gasteiger partial charge < -0.3 is 14.2 Å². The van der Waals surface area contributed by atoms with Gasteiger partial charge in [0, 0.05) is 35.3 Å². The number of morpholine rings is 1. The summed E-state index contributed by atoms with van der Waals surface area (Å²) in [6.45, 7) is 6.95. The third kappa shape index (κ3) is 4.10. The van der Waals surface area contributed by atoms with Crippen LogP contribution in [-0.2, 0) is 4.74 Å². The minimum absolute atomic E-state index is 0.179. The van der Waals surface area contributed by atoms with E-state index in [1.165, 1.54) is 11.0 Å². The van der Waals surface area contributed by atoms with Gasteiger partial charge in [-0.1, -0.05) is 23.8 Å². The maximum absolute atomic E-state index is 14.2. The van der Waals surface area contributed by atoms with Gasteiger partial charge in [0.15, 0.2) is 0 Å². The van der Waals surface area contributed by atoms with Gasteiger partial charge in [-0.05, 0) is 44.4 Å². The van der Waals surface area contributed by atoms with Crippen molar-refractivity contribution in [2.45, 2.75) is 13.8 Å². The zero-order valence-corrected chi connectivity index (χ0v) is 17.4. The molecular weight excluding hydrogens is 383 g/mol. The molecule has 0 unspecified atom stereocenters. The van der Waals surface area contributed by atoms with Crippen molar-refractivity contribution in [3.05, 3.63) is 57.9 Å². The molecule has 2 heterocycles. The van der Waals surface area contributed by atoms with Crippen LogP contribution in [0.4, 0.5) is 10.1 Å². The van der Waals surface area contributed by atoms with E-state index in [0.29, 0.717) is 13.2 Å². The Kier molecular flexibility index (Phi) is 6.68. The van der Waals surface area contributed by atoms with E-state index in [1.54, 1.807) is 17.8 Å². The van der Waals surface area contributed by atoms with Crippen molar-refractivity contribution in [3.8, 4) is 0 Å². The molecule has 0 saturated carbocycles. The first-order chi connectivity index (χ1) is 13.1. The first kappa shape index (κ1) is 20.1. The Morgan fingerprint density at radius 1 is 1.26 bits per heavy atom. The standard InChI is InChI=1S/C21H24ClFN2OS/c1-4-16(27-3)7-5-6-10-25-15(2)21(24-11-13-26-14-12-24)19-18(25)9-8-17(23)20(19)22/h4-10H,11-14H2,1-3H3/b7-5-,10-6+,16-4+. The molecule has 0 N–H and O–H groups in total. The quantitative estimate of drug-likeness (QED) is 0.578. The smallest absolute Gasteiger partial charge is 0.142 e. The molecule has 1 aromatic carbocycles. The molecule has 0 radical (unpaired) electrons. The summed E-state index contributed by atoms with van der Waals surface area (Å²) >= 11 is 8.09. The summed E-state index contributed by atoms with van der Waals surface area (Å²) in [5.41, 5.74) is 2.94. The van der Waals surface area contributed by atoms with Crippen molar-refractivity contribution in [1.82, 2.24) is 4.57 Å². The van der Waals surface area contributed by atoms with Crippen LogP contribution in [0.25, 0.3) is 17.1 Å². The largest absolute Gasteiger partial charge is 0.378 e. The molecule has 1 saturated heterocycles. The van der Waals surface area contributed by atoms with E-state index in [1.807, 2.05) is 32.2 Å². The Morgan fingerprint density at radius 3 is 2.67 bits per heavy atom. The highest BCUT2D eigenvalue weighted by Crippen LogP contribution is 2.40. The van der Waals surface area contributed by atoms with Gasteiger partial charge >= 0.3 is 0 Å². The van der Waals surface area contributed by atoms with E-state index in [9.17, 15) is 4.39 Å². The molecule has 6 heteroatoms. The number of anilines is 1. The number of rotatable bonds is 5. The first-order valence-corrected chi connectivity index (χ1v) is 10.5. The maximum atomic E-state index is 14.2. The molecule has 3 rings (SSSR count). The van der Waals surface area contributed by atoms with Gasteiger partial charge in [0.2, 0.25) is 0 Å². The lowest BCUT2D eigenvalue weighted by Crippen LogP contribution is -2.36. The van der Waals surface area contributed by atoms with Gasteiger partial charge in [0.1, 0.15) is 5.82 Å². The van der Waals surface area contributed by atoms with Crippen molar-refractivity contribution in [3.63, 3.8) is 0 Å². The molecule has 3 nitrogen and oxygen atoms in total. The van der Waals surface area contributed by atoms with Gasteiger partial charge in [-0.3, -0.25) is 0 Å². The van der Waals surface area contributed by atoms with Crippen LogP contribution in [0.15, 0.2) is 41.3 Å². The van der Waals surface area contributed by atoms with Crippen molar-refractivity contribution in [2.75, 3.05) is 37.5 Å². The molecule has 0 amide bonds. The molecule has 0 aliphatic carbocycles. The molecule has 0 spiro atoms. The van der Waals surface area contributed by atoms with Crippen LogP contribution in [0.2, 0.25) is 5.02 Å². The zero-order chi connectivity index (χ0) is 19.4. The number of fused-ring (bicyclic) bond motifs is 1. The molecule has 1 aliphatic heterocycles. The van der Waals surface area contributed by atoms with Crippen molar-refractivity contribution in [1.29, 1.82) is 0 Å². The second kappa shape index (κ2) is 9.00. The second-order valence-corrected chi connectivity index (χ2v) is 7.51. The number of aromatic nitrogens is 1. The van der Waals surface area contributed by atoms with E-state index in [2.05, 4.69) is 27.9 Å². The summed E-state index contributed by atoms with van der Waals surface area (Å²) in [7, 11) is 0. The highest BCUT2D eigenvalue weighted by atomic mass is 35.5. The summed E-state index contributed by atoms with van der Waals surface area (Å²) in [6, 6.07) is 3.22. The number of ether oxygens (including phenoxy) is 1. The van der Waals surface area contributed by atoms with Crippen LogP contribution >= 0.6 is 23.4 Å². The van der Waals surface area contributed by atoms with E-state index < -0.39 is 5.82 Å². The fourth-order valence-electron chi connectivity index (χ4n) is 3.38. The van der Waals surface area contributed by atoms with Crippen molar-refractivity contribution in [2.24, 2.45) is 0 Å². The molecule has 1 aliphatic rings. The first-order valence-electron chi connectivity index (χ1n) is 8.94. The summed E-state index contributed by atoms with van der Waals surface area (Å²) < 4.78 is 21.7. The molecule has 0 atom stereocenters. The Labute approximate surface area is 169 Å². The Hall–Kier alpha value is -1.69. The molecule has 27 heavy (non-hydrogen) atoms. The summed E-state index contributed by atoms with van der Waals surface area (Å²) in [4.78, 5) is 3.44. The average molecular weight is 407 g/mol. The molecule has 0 bridgehead atoms. The molecule has 2 aromatic rings. The van der Waals surface area contributed by atoms with Crippen molar-refractivity contribution >= 4 is 46.2 Å². The minimum atomic E-state index is -0.391. The SMILES string of the molecule is C\C=C(/C=C\C=C\n1c(C)c(N2CCOCC2)c2c(Cl)c(F)ccc21)SC. The van der Waals surface area contributed by atoms with Gasteiger partial charge in [0.05, 0.1) is 29.4 Å². The summed E-state index contributed by atoms with van der Waals surface area (Å²) in [6.07, 6.45) is 12.2. The minimum Gasteiger partial charge on any atom is -0.378 e. The fraction of sp³-hybridized carbons (Fsp3) is 0.333. The number of nitrogens with zero attached hydrogens (tertiary/aromatic N) is 2. The van der Waals surface area contributed by atoms with Crippen LogP contribution in [-0.4, -0.2) is 37.1 Å². The lowest BCUT2D eigenvalue weighted by atomic mass is 10.2. The number of halogens is 2. The van der Waals surface area contributed by atoms with Gasteiger partial charge in [-0.2, -0.15) is 0 Å². The number of benzene rings is 1. The van der Waals surface area contributed by atoms with E-state index in [-0.39, 0.29) is 5.02 Å². The predicted octanol–water partition coefficient (Wildman–Crippen LogP) is 5.87. The number of allylic oxidation sites excluding steroid dienone is 4. The molecule has 144 valence electrons. The van der Waals surface area contributed by atoms with E-state index in [4.69, 9.17) is 16.3 Å². The third-order valence-corrected chi connectivity index (χ3v) is 5.94. The van der Waals surface area contributed by atoms with E-state index >= 15 is 0 Å². The average Bonchev–Trinajstić information content (AvgIpc) is 2.98. The van der Waals surface area contributed by atoms with Crippen molar-refractivity contribution < 1.29 is 9.13 Å². The van der Waals surface area contributed by atoms with Gasteiger partial charge in [-0.25, -0.2) is 4.39 Å². The fourth-order valence-corrected chi connectivity index (χ4v) is 4.08. The normalized spacial score (nSPS) is 16.3. The van der Waals surface area contributed by atoms with Crippen LogP contribution in [0.3, 0.4) is 0 Å². The van der Waals surface area contributed by atoms with Crippen LogP contribution in [0.5, 0.6) is 0 Å². The maximum Gasteiger partial charge on any atom is 0.142 e. The Balaban J connectivity index is 2.08. The zero-order valence-electron chi connectivity index (χ0n) is 15.8. The highest BCUT2D eigenvalue weighted by molar-refractivity contribution is 8.02. The number of hydrogen-bond acceptors (Lipinski definition) is 3. The highest BCUT2D eigenvalue weighted by Gasteiger charge is 2.23.